The minimum absolute atomic E-state index is 0.0677. The van der Waals surface area contributed by atoms with E-state index in [0.29, 0.717) is 28.7 Å². The maximum Gasteiger partial charge on any atom is 0.233 e. The fraction of sp³-hybridized carbons (Fsp3) is 0.143. The Labute approximate surface area is 164 Å². The number of carbonyl (C=O) groups is 2. The summed E-state index contributed by atoms with van der Waals surface area (Å²) in [6.45, 7) is 0.581. The van der Waals surface area contributed by atoms with Gasteiger partial charge in [0.1, 0.15) is 5.82 Å². The number of halogens is 2. The van der Waals surface area contributed by atoms with Crippen molar-refractivity contribution in [2.75, 3.05) is 5.32 Å². The van der Waals surface area contributed by atoms with Crippen LogP contribution in [0.1, 0.15) is 34.1 Å². The maximum absolute atomic E-state index is 14.0. The van der Waals surface area contributed by atoms with Crippen molar-refractivity contribution in [3.8, 4) is 0 Å². The fourth-order valence-electron chi connectivity index (χ4n) is 3.46. The van der Waals surface area contributed by atoms with Crippen LogP contribution < -0.4 is 5.32 Å². The standard InChI is InChI=1S/C21H16BrFN2O2/c22-14-6-7-17(16(23)12-14)24-21(27)15-10-11-25-18(15)8-9-19(25)20(26)13-4-2-1-3-5-13/h1-9,12,15H,10-11H2,(H,24,27)/t15-/m1/s1. The topological polar surface area (TPSA) is 51.1 Å². The fourth-order valence-corrected chi connectivity index (χ4v) is 3.79. The number of benzene rings is 2. The zero-order chi connectivity index (χ0) is 19.0. The van der Waals surface area contributed by atoms with Crippen LogP contribution in [0.2, 0.25) is 0 Å². The highest BCUT2D eigenvalue weighted by atomic mass is 79.9. The largest absolute Gasteiger partial charge is 0.341 e. The summed E-state index contributed by atoms with van der Waals surface area (Å²) in [5.41, 5.74) is 2.11. The molecule has 1 amide bonds. The minimum Gasteiger partial charge on any atom is -0.341 e. The first-order chi connectivity index (χ1) is 13.0. The van der Waals surface area contributed by atoms with Gasteiger partial charge in [0, 0.05) is 22.3 Å². The molecule has 27 heavy (non-hydrogen) atoms. The number of amides is 1. The third-order valence-corrected chi connectivity index (χ3v) is 5.28. The summed E-state index contributed by atoms with van der Waals surface area (Å²) in [7, 11) is 0. The van der Waals surface area contributed by atoms with Gasteiger partial charge in [-0.3, -0.25) is 9.59 Å². The average Bonchev–Trinajstić information content (AvgIpc) is 3.26. The molecule has 0 spiro atoms. The number of nitrogens with zero attached hydrogens (tertiary/aromatic N) is 1. The lowest BCUT2D eigenvalue weighted by Gasteiger charge is -2.11. The van der Waals surface area contributed by atoms with E-state index in [-0.39, 0.29) is 17.4 Å². The van der Waals surface area contributed by atoms with E-state index in [1.165, 1.54) is 12.1 Å². The van der Waals surface area contributed by atoms with E-state index in [1.54, 1.807) is 24.3 Å². The Hall–Kier alpha value is -2.73. The molecule has 4 nitrogen and oxygen atoms in total. The molecule has 1 atom stereocenters. The Morgan fingerprint density at radius 3 is 2.59 bits per heavy atom. The van der Waals surface area contributed by atoms with Gasteiger partial charge in [-0.1, -0.05) is 46.3 Å². The number of carbonyl (C=O) groups excluding carboxylic acids is 2. The molecule has 1 N–H and O–H groups in total. The van der Waals surface area contributed by atoms with Crippen molar-refractivity contribution in [2.24, 2.45) is 0 Å². The summed E-state index contributed by atoms with van der Waals surface area (Å²) >= 11 is 3.20. The number of aromatic nitrogens is 1. The highest BCUT2D eigenvalue weighted by Gasteiger charge is 2.32. The second-order valence-corrected chi connectivity index (χ2v) is 7.36. The van der Waals surface area contributed by atoms with Crippen LogP contribution >= 0.6 is 15.9 Å². The van der Waals surface area contributed by atoms with Crippen LogP contribution in [0.25, 0.3) is 0 Å². The maximum atomic E-state index is 14.0. The number of hydrogen-bond donors (Lipinski definition) is 1. The molecular formula is C21H16BrFN2O2. The predicted octanol–water partition coefficient (Wildman–Crippen LogP) is 4.75. The Morgan fingerprint density at radius 1 is 1.07 bits per heavy atom. The van der Waals surface area contributed by atoms with Gasteiger partial charge in [-0.15, -0.1) is 0 Å². The SMILES string of the molecule is O=C(c1ccccc1)c1ccc2n1CC[C@H]2C(=O)Nc1ccc(Br)cc1F. The van der Waals surface area contributed by atoms with Gasteiger partial charge in [0.25, 0.3) is 0 Å². The molecule has 136 valence electrons. The smallest absolute Gasteiger partial charge is 0.233 e. The molecule has 0 fully saturated rings. The first kappa shape index (κ1) is 17.7. The first-order valence-corrected chi connectivity index (χ1v) is 9.39. The Morgan fingerprint density at radius 2 is 1.85 bits per heavy atom. The van der Waals surface area contributed by atoms with E-state index >= 15 is 0 Å². The van der Waals surface area contributed by atoms with Crippen molar-refractivity contribution in [3.05, 3.63) is 87.9 Å². The second kappa shape index (κ2) is 7.12. The van der Waals surface area contributed by atoms with E-state index in [2.05, 4.69) is 21.2 Å². The van der Waals surface area contributed by atoms with Crippen LogP contribution in [0.15, 0.2) is 65.1 Å². The number of fused-ring (bicyclic) bond motifs is 1. The minimum atomic E-state index is -0.494. The van der Waals surface area contributed by atoms with Gasteiger partial charge >= 0.3 is 0 Å². The Balaban J connectivity index is 1.57. The Bertz CT molecular complexity index is 1030. The third kappa shape index (κ3) is 3.32. The first-order valence-electron chi connectivity index (χ1n) is 8.59. The number of ketones is 1. The van der Waals surface area contributed by atoms with E-state index in [9.17, 15) is 14.0 Å². The van der Waals surface area contributed by atoms with Crippen molar-refractivity contribution in [3.63, 3.8) is 0 Å². The lowest BCUT2D eigenvalue weighted by Crippen LogP contribution is -2.20. The molecule has 0 bridgehead atoms. The molecule has 6 heteroatoms. The normalized spacial score (nSPS) is 15.4. The van der Waals surface area contributed by atoms with Gasteiger partial charge in [-0.05, 0) is 36.8 Å². The summed E-state index contributed by atoms with van der Waals surface area (Å²) in [5, 5.41) is 2.66. The molecule has 4 rings (SSSR count). The second-order valence-electron chi connectivity index (χ2n) is 6.44. The van der Waals surface area contributed by atoms with Gasteiger partial charge < -0.3 is 9.88 Å². The lowest BCUT2D eigenvalue weighted by molar-refractivity contribution is -0.117. The highest BCUT2D eigenvalue weighted by Crippen LogP contribution is 2.33. The molecule has 0 saturated heterocycles. The molecule has 1 aliphatic heterocycles. The van der Waals surface area contributed by atoms with Crippen LogP contribution in [0.3, 0.4) is 0 Å². The monoisotopic (exact) mass is 426 g/mol. The molecule has 0 radical (unpaired) electrons. The Kier molecular flexibility index (Phi) is 4.66. The lowest BCUT2D eigenvalue weighted by atomic mass is 10.0. The van der Waals surface area contributed by atoms with E-state index in [1.807, 2.05) is 28.8 Å². The van der Waals surface area contributed by atoms with Crippen LogP contribution in [0.4, 0.5) is 10.1 Å². The number of rotatable bonds is 4. The highest BCUT2D eigenvalue weighted by molar-refractivity contribution is 9.10. The average molecular weight is 427 g/mol. The van der Waals surface area contributed by atoms with Crippen molar-refractivity contribution >= 4 is 33.3 Å². The van der Waals surface area contributed by atoms with Crippen molar-refractivity contribution in [1.29, 1.82) is 0 Å². The van der Waals surface area contributed by atoms with E-state index in [0.717, 1.165) is 5.69 Å². The number of nitrogens with one attached hydrogen (secondary N) is 1. The van der Waals surface area contributed by atoms with Crippen LogP contribution in [0, 0.1) is 5.82 Å². The molecule has 1 aromatic heterocycles. The number of anilines is 1. The van der Waals surface area contributed by atoms with Crippen molar-refractivity contribution in [2.45, 2.75) is 18.9 Å². The van der Waals surface area contributed by atoms with Gasteiger partial charge in [-0.25, -0.2) is 4.39 Å². The summed E-state index contributed by atoms with van der Waals surface area (Å²) in [4.78, 5) is 25.4. The van der Waals surface area contributed by atoms with E-state index in [4.69, 9.17) is 0 Å². The molecule has 0 saturated carbocycles. The summed E-state index contributed by atoms with van der Waals surface area (Å²) < 4.78 is 16.5. The van der Waals surface area contributed by atoms with E-state index < -0.39 is 11.7 Å². The van der Waals surface area contributed by atoms with Gasteiger partial charge in [0.05, 0.1) is 17.3 Å². The molecule has 0 aliphatic carbocycles. The number of hydrogen-bond acceptors (Lipinski definition) is 2. The molecule has 2 aromatic carbocycles. The predicted molar refractivity (Wildman–Crippen MR) is 104 cm³/mol. The zero-order valence-electron chi connectivity index (χ0n) is 14.3. The van der Waals surface area contributed by atoms with Crippen LogP contribution in [-0.4, -0.2) is 16.3 Å². The summed E-state index contributed by atoms with van der Waals surface area (Å²) in [6.07, 6.45) is 0.579. The van der Waals surface area contributed by atoms with Gasteiger partial charge in [0.2, 0.25) is 11.7 Å². The molecule has 2 heterocycles. The van der Waals surface area contributed by atoms with Crippen molar-refractivity contribution in [1.82, 2.24) is 4.57 Å². The zero-order valence-corrected chi connectivity index (χ0v) is 15.9. The van der Waals surface area contributed by atoms with Gasteiger partial charge in [-0.2, -0.15) is 0 Å². The molecule has 1 aliphatic rings. The van der Waals surface area contributed by atoms with Crippen molar-refractivity contribution < 1.29 is 14.0 Å². The molecule has 3 aromatic rings. The van der Waals surface area contributed by atoms with Gasteiger partial charge in [0.15, 0.2) is 0 Å². The third-order valence-electron chi connectivity index (χ3n) is 4.79. The molecular weight excluding hydrogens is 411 g/mol. The quantitative estimate of drug-likeness (QED) is 0.612. The van der Waals surface area contributed by atoms with Crippen LogP contribution in [0.5, 0.6) is 0 Å². The molecule has 0 unspecified atom stereocenters. The summed E-state index contributed by atoms with van der Waals surface area (Å²) in [5.74, 6) is -1.25. The summed E-state index contributed by atoms with van der Waals surface area (Å²) in [6, 6.07) is 17.1. The van der Waals surface area contributed by atoms with Crippen LogP contribution in [-0.2, 0) is 11.3 Å².